The summed E-state index contributed by atoms with van der Waals surface area (Å²) in [7, 11) is 0. The van der Waals surface area contributed by atoms with Gasteiger partial charge in [-0.1, -0.05) is 27.2 Å². The maximum absolute atomic E-state index is 10.8. The summed E-state index contributed by atoms with van der Waals surface area (Å²) in [6.07, 6.45) is 4.81. The van der Waals surface area contributed by atoms with E-state index in [4.69, 9.17) is 5.11 Å². The zero-order chi connectivity index (χ0) is 12.2. The Hall–Kier alpha value is -0.570. The predicted molar refractivity (Wildman–Crippen MR) is 65.5 cm³/mol. The Kier molecular flexibility index (Phi) is 4.78. The average Bonchev–Trinajstić information content (AvgIpc) is 2.17. The lowest BCUT2D eigenvalue weighted by atomic mass is 9.74. The van der Waals surface area contributed by atoms with E-state index in [0.29, 0.717) is 11.8 Å². The molecule has 0 bridgehead atoms. The van der Waals surface area contributed by atoms with Gasteiger partial charge in [0.25, 0.3) is 0 Å². The lowest BCUT2D eigenvalue weighted by Crippen LogP contribution is -2.59. The van der Waals surface area contributed by atoms with Crippen LogP contribution < -0.4 is 0 Å². The van der Waals surface area contributed by atoms with Gasteiger partial charge in [0, 0.05) is 19.1 Å². The molecule has 0 aromatic heterocycles. The second-order valence-electron chi connectivity index (χ2n) is 5.15. The summed E-state index contributed by atoms with van der Waals surface area (Å²) in [5, 5.41) is 8.90. The van der Waals surface area contributed by atoms with Crippen molar-refractivity contribution in [2.24, 2.45) is 5.41 Å². The van der Waals surface area contributed by atoms with Gasteiger partial charge in [-0.15, -0.1) is 0 Å². The highest BCUT2D eigenvalue weighted by atomic mass is 16.4. The number of rotatable bonds is 7. The number of carbonyl (C=O) groups is 1. The SMILES string of the molecule is CCCC(CC(=O)O)N1CC(CC)(CC)C1. The highest BCUT2D eigenvalue weighted by Gasteiger charge is 2.42. The minimum absolute atomic E-state index is 0.258. The molecule has 0 aliphatic carbocycles. The van der Waals surface area contributed by atoms with Gasteiger partial charge < -0.3 is 5.11 Å². The number of aliphatic carboxylic acids is 1. The van der Waals surface area contributed by atoms with Gasteiger partial charge >= 0.3 is 5.97 Å². The number of carboxylic acid groups (broad SMARTS) is 1. The van der Waals surface area contributed by atoms with Crippen molar-refractivity contribution >= 4 is 5.97 Å². The number of hydrogen-bond acceptors (Lipinski definition) is 2. The molecule has 1 unspecified atom stereocenters. The van der Waals surface area contributed by atoms with E-state index in [9.17, 15) is 4.79 Å². The van der Waals surface area contributed by atoms with Gasteiger partial charge in [0.15, 0.2) is 0 Å². The van der Waals surface area contributed by atoms with Crippen LogP contribution in [0.1, 0.15) is 52.9 Å². The van der Waals surface area contributed by atoms with Gasteiger partial charge in [0.1, 0.15) is 0 Å². The minimum atomic E-state index is -0.663. The zero-order valence-electron chi connectivity index (χ0n) is 10.8. The third-order valence-corrected chi connectivity index (χ3v) is 4.13. The largest absolute Gasteiger partial charge is 0.481 e. The molecule has 1 heterocycles. The summed E-state index contributed by atoms with van der Waals surface area (Å²) in [6.45, 7) is 8.80. The Labute approximate surface area is 98.8 Å². The van der Waals surface area contributed by atoms with Crippen LogP contribution in [-0.4, -0.2) is 35.1 Å². The van der Waals surface area contributed by atoms with E-state index in [1.807, 2.05) is 0 Å². The lowest BCUT2D eigenvalue weighted by molar-refractivity contribution is -0.140. The fourth-order valence-electron chi connectivity index (χ4n) is 2.72. The molecular weight excluding hydrogens is 202 g/mol. The van der Waals surface area contributed by atoms with Crippen LogP contribution in [0.5, 0.6) is 0 Å². The number of likely N-dealkylation sites (tertiary alicyclic amines) is 1. The molecule has 0 aromatic rings. The van der Waals surface area contributed by atoms with Gasteiger partial charge in [-0.2, -0.15) is 0 Å². The fourth-order valence-corrected chi connectivity index (χ4v) is 2.72. The molecule has 0 saturated carbocycles. The standard InChI is InChI=1S/C13H25NO2/c1-4-7-11(8-12(15)16)14-9-13(5-2,6-3)10-14/h11H,4-10H2,1-3H3,(H,15,16). The number of carboxylic acids is 1. The summed E-state index contributed by atoms with van der Waals surface area (Å²) in [4.78, 5) is 13.2. The molecule has 1 N–H and O–H groups in total. The second-order valence-corrected chi connectivity index (χ2v) is 5.15. The molecule has 0 amide bonds. The number of nitrogens with zero attached hydrogens (tertiary/aromatic N) is 1. The maximum atomic E-state index is 10.8. The van der Waals surface area contributed by atoms with E-state index in [2.05, 4.69) is 25.7 Å². The summed E-state index contributed by atoms with van der Waals surface area (Å²) in [5.41, 5.74) is 0.477. The molecule has 3 nitrogen and oxygen atoms in total. The van der Waals surface area contributed by atoms with E-state index in [-0.39, 0.29) is 6.04 Å². The molecule has 0 aromatic carbocycles. The Morgan fingerprint density at radius 1 is 1.31 bits per heavy atom. The van der Waals surface area contributed by atoms with Crippen molar-refractivity contribution in [3.05, 3.63) is 0 Å². The summed E-state index contributed by atoms with van der Waals surface area (Å²) in [6, 6.07) is 0.258. The molecule has 1 fully saturated rings. The van der Waals surface area contributed by atoms with Crippen molar-refractivity contribution in [2.45, 2.75) is 58.9 Å². The first kappa shape index (κ1) is 13.5. The van der Waals surface area contributed by atoms with Crippen LogP contribution in [0.15, 0.2) is 0 Å². The molecule has 0 spiro atoms. The van der Waals surface area contributed by atoms with Crippen LogP contribution in [0.3, 0.4) is 0 Å². The molecular formula is C13H25NO2. The molecule has 1 rings (SSSR count). The first-order valence-corrected chi connectivity index (χ1v) is 6.52. The average molecular weight is 227 g/mol. The zero-order valence-corrected chi connectivity index (χ0v) is 10.8. The molecule has 94 valence electrons. The molecule has 1 atom stereocenters. The molecule has 1 saturated heterocycles. The van der Waals surface area contributed by atoms with Gasteiger partial charge in [0.2, 0.25) is 0 Å². The maximum Gasteiger partial charge on any atom is 0.304 e. The van der Waals surface area contributed by atoms with Crippen molar-refractivity contribution in [3.63, 3.8) is 0 Å². The molecule has 3 heteroatoms. The number of hydrogen-bond donors (Lipinski definition) is 1. The van der Waals surface area contributed by atoms with Crippen molar-refractivity contribution in [2.75, 3.05) is 13.1 Å². The third-order valence-electron chi connectivity index (χ3n) is 4.13. The van der Waals surface area contributed by atoms with E-state index < -0.39 is 5.97 Å². The highest BCUT2D eigenvalue weighted by Crippen LogP contribution is 2.39. The van der Waals surface area contributed by atoms with Crippen molar-refractivity contribution in [3.8, 4) is 0 Å². The minimum Gasteiger partial charge on any atom is -0.481 e. The predicted octanol–water partition coefficient (Wildman–Crippen LogP) is 2.75. The van der Waals surface area contributed by atoms with Crippen LogP contribution in [0.4, 0.5) is 0 Å². The molecule has 0 radical (unpaired) electrons. The van der Waals surface area contributed by atoms with Crippen LogP contribution in [-0.2, 0) is 4.79 Å². The Balaban J connectivity index is 2.47. The fraction of sp³-hybridized carbons (Fsp3) is 0.923. The van der Waals surface area contributed by atoms with Crippen molar-refractivity contribution in [1.29, 1.82) is 0 Å². The molecule has 16 heavy (non-hydrogen) atoms. The summed E-state index contributed by atoms with van der Waals surface area (Å²) < 4.78 is 0. The van der Waals surface area contributed by atoms with Crippen LogP contribution in [0, 0.1) is 5.41 Å². The Morgan fingerprint density at radius 2 is 1.88 bits per heavy atom. The van der Waals surface area contributed by atoms with Gasteiger partial charge in [-0.3, -0.25) is 9.69 Å². The van der Waals surface area contributed by atoms with Crippen LogP contribution in [0.2, 0.25) is 0 Å². The third kappa shape index (κ3) is 2.97. The molecule has 1 aliphatic rings. The normalized spacial score (nSPS) is 21.4. The summed E-state index contributed by atoms with van der Waals surface area (Å²) >= 11 is 0. The van der Waals surface area contributed by atoms with Gasteiger partial charge in [-0.25, -0.2) is 0 Å². The van der Waals surface area contributed by atoms with Crippen LogP contribution >= 0.6 is 0 Å². The van der Waals surface area contributed by atoms with Gasteiger partial charge in [0.05, 0.1) is 6.42 Å². The first-order valence-electron chi connectivity index (χ1n) is 6.52. The Morgan fingerprint density at radius 3 is 2.25 bits per heavy atom. The highest BCUT2D eigenvalue weighted by molar-refractivity contribution is 5.67. The molecule has 1 aliphatic heterocycles. The monoisotopic (exact) mass is 227 g/mol. The Bertz CT molecular complexity index is 228. The smallest absolute Gasteiger partial charge is 0.304 e. The summed E-state index contributed by atoms with van der Waals surface area (Å²) in [5.74, 6) is -0.663. The topological polar surface area (TPSA) is 40.5 Å². The second kappa shape index (κ2) is 5.67. The first-order chi connectivity index (χ1) is 7.56. The van der Waals surface area contributed by atoms with Crippen molar-refractivity contribution < 1.29 is 9.90 Å². The van der Waals surface area contributed by atoms with E-state index in [1.54, 1.807) is 0 Å². The van der Waals surface area contributed by atoms with Crippen molar-refractivity contribution in [1.82, 2.24) is 4.90 Å². The van der Waals surface area contributed by atoms with E-state index in [0.717, 1.165) is 25.9 Å². The van der Waals surface area contributed by atoms with E-state index >= 15 is 0 Å². The van der Waals surface area contributed by atoms with Gasteiger partial charge in [-0.05, 0) is 24.7 Å². The quantitative estimate of drug-likeness (QED) is 0.727. The van der Waals surface area contributed by atoms with E-state index in [1.165, 1.54) is 12.8 Å². The lowest BCUT2D eigenvalue weighted by Gasteiger charge is -2.53. The van der Waals surface area contributed by atoms with Crippen LogP contribution in [0.25, 0.3) is 0 Å².